The first-order valence-corrected chi connectivity index (χ1v) is 10.2. The highest BCUT2D eigenvalue weighted by atomic mass is 32.2. The minimum absolute atomic E-state index is 0.123. The van der Waals surface area contributed by atoms with Gasteiger partial charge in [-0.3, -0.25) is 4.79 Å². The maximum Gasteiger partial charge on any atom is 0.341 e. The van der Waals surface area contributed by atoms with Crippen LogP contribution < -0.4 is 14.8 Å². The number of ether oxygens (including phenoxy) is 2. The van der Waals surface area contributed by atoms with Crippen LogP contribution in [0.25, 0.3) is 0 Å². The SMILES string of the molecule is COc1ccccc1Oc1ccc(NC(=O)c2ccc(S(=O)(=O)C(F)F)cc2)cc1. The fraction of sp³-hybridized carbons (Fsp3) is 0.0952. The summed E-state index contributed by atoms with van der Waals surface area (Å²) in [6.45, 7) is 0. The number of para-hydroxylation sites is 2. The number of halogens is 2. The van der Waals surface area contributed by atoms with Crippen molar-refractivity contribution in [2.45, 2.75) is 10.7 Å². The van der Waals surface area contributed by atoms with E-state index in [9.17, 15) is 22.0 Å². The highest BCUT2D eigenvalue weighted by molar-refractivity contribution is 7.91. The van der Waals surface area contributed by atoms with Crippen molar-refractivity contribution in [2.75, 3.05) is 12.4 Å². The topological polar surface area (TPSA) is 81.7 Å². The maximum atomic E-state index is 12.6. The molecule has 0 spiro atoms. The molecule has 0 saturated heterocycles. The van der Waals surface area contributed by atoms with Crippen LogP contribution in [-0.4, -0.2) is 27.2 Å². The van der Waals surface area contributed by atoms with Crippen molar-refractivity contribution in [2.24, 2.45) is 0 Å². The molecule has 0 fully saturated rings. The lowest BCUT2D eigenvalue weighted by Crippen LogP contribution is -2.14. The molecule has 0 aliphatic rings. The van der Waals surface area contributed by atoms with E-state index < -0.39 is 26.4 Å². The molecule has 6 nitrogen and oxygen atoms in total. The molecule has 0 aromatic heterocycles. The molecular weight excluding hydrogens is 416 g/mol. The quantitative estimate of drug-likeness (QED) is 0.582. The molecule has 3 rings (SSSR count). The first-order chi connectivity index (χ1) is 14.3. The number of carbonyl (C=O) groups is 1. The largest absolute Gasteiger partial charge is 0.493 e. The molecule has 9 heteroatoms. The minimum atomic E-state index is -4.70. The molecule has 156 valence electrons. The van der Waals surface area contributed by atoms with E-state index in [4.69, 9.17) is 9.47 Å². The van der Waals surface area contributed by atoms with Crippen molar-refractivity contribution >= 4 is 21.4 Å². The number of hydrogen-bond acceptors (Lipinski definition) is 5. The van der Waals surface area contributed by atoms with E-state index in [1.165, 1.54) is 19.2 Å². The fourth-order valence-electron chi connectivity index (χ4n) is 2.54. The van der Waals surface area contributed by atoms with Gasteiger partial charge in [-0.15, -0.1) is 0 Å². The summed E-state index contributed by atoms with van der Waals surface area (Å²) in [4.78, 5) is 11.8. The summed E-state index contributed by atoms with van der Waals surface area (Å²) in [6.07, 6.45) is 0. The van der Waals surface area contributed by atoms with E-state index in [1.54, 1.807) is 36.4 Å². The second-order valence-electron chi connectivity index (χ2n) is 6.06. The van der Waals surface area contributed by atoms with Gasteiger partial charge in [-0.1, -0.05) is 12.1 Å². The monoisotopic (exact) mass is 433 g/mol. The number of nitrogens with one attached hydrogen (secondary N) is 1. The van der Waals surface area contributed by atoms with Crippen molar-refractivity contribution < 1.29 is 31.5 Å². The Morgan fingerprint density at radius 2 is 1.50 bits per heavy atom. The zero-order chi connectivity index (χ0) is 21.7. The van der Waals surface area contributed by atoms with Gasteiger partial charge in [0.25, 0.3) is 5.91 Å². The number of hydrogen-bond donors (Lipinski definition) is 1. The predicted molar refractivity (Wildman–Crippen MR) is 107 cm³/mol. The third-order valence-electron chi connectivity index (χ3n) is 4.09. The smallest absolute Gasteiger partial charge is 0.341 e. The van der Waals surface area contributed by atoms with Gasteiger partial charge in [0, 0.05) is 11.3 Å². The highest BCUT2D eigenvalue weighted by Crippen LogP contribution is 2.31. The first kappa shape index (κ1) is 21.3. The lowest BCUT2D eigenvalue weighted by Gasteiger charge is -2.11. The Bertz CT molecular complexity index is 1130. The van der Waals surface area contributed by atoms with Crippen LogP contribution in [0.5, 0.6) is 17.2 Å². The van der Waals surface area contributed by atoms with Crippen molar-refractivity contribution in [1.82, 2.24) is 0 Å². The molecular formula is C21H17F2NO5S. The Kier molecular flexibility index (Phi) is 6.31. The van der Waals surface area contributed by atoms with Crippen molar-refractivity contribution in [3.8, 4) is 17.2 Å². The van der Waals surface area contributed by atoms with Gasteiger partial charge < -0.3 is 14.8 Å². The molecule has 0 aliphatic carbocycles. The van der Waals surface area contributed by atoms with Gasteiger partial charge in [0.15, 0.2) is 11.5 Å². The number of rotatable bonds is 7. The average molecular weight is 433 g/mol. The summed E-state index contributed by atoms with van der Waals surface area (Å²) < 4.78 is 59.0. The van der Waals surface area contributed by atoms with Gasteiger partial charge in [0.05, 0.1) is 12.0 Å². The number of sulfone groups is 1. The van der Waals surface area contributed by atoms with E-state index in [1.807, 2.05) is 12.1 Å². The molecule has 30 heavy (non-hydrogen) atoms. The van der Waals surface area contributed by atoms with E-state index in [-0.39, 0.29) is 5.56 Å². The van der Waals surface area contributed by atoms with Crippen molar-refractivity contribution in [3.63, 3.8) is 0 Å². The molecule has 3 aromatic carbocycles. The van der Waals surface area contributed by atoms with Gasteiger partial charge in [0.2, 0.25) is 9.84 Å². The lowest BCUT2D eigenvalue weighted by atomic mass is 10.2. The van der Waals surface area contributed by atoms with Crippen LogP contribution in [0.3, 0.4) is 0 Å². The Morgan fingerprint density at radius 1 is 0.900 bits per heavy atom. The average Bonchev–Trinajstić information content (AvgIpc) is 2.75. The predicted octanol–water partition coefficient (Wildman–Crippen LogP) is 4.74. The third kappa shape index (κ3) is 4.74. The number of anilines is 1. The van der Waals surface area contributed by atoms with Gasteiger partial charge in [-0.25, -0.2) is 8.42 Å². The lowest BCUT2D eigenvalue weighted by molar-refractivity contribution is 0.102. The van der Waals surface area contributed by atoms with E-state index in [0.29, 0.717) is 22.9 Å². The van der Waals surface area contributed by atoms with Crippen molar-refractivity contribution in [1.29, 1.82) is 0 Å². The summed E-state index contributed by atoms with van der Waals surface area (Å²) in [5.74, 6) is -2.40. The Morgan fingerprint density at radius 3 is 2.07 bits per heavy atom. The second kappa shape index (κ2) is 8.91. The Balaban J connectivity index is 1.67. The number of amides is 1. The molecule has 3 aromatic rings. The Hall–Kier alpha value is -3.46. The van der Waals surface area contributed by atoms with Crippen LogP contribution in [0, 0.1) is 0 Å². The fourth-order valence-corrected chi connectivity index (χ4v) is 3.26. The van der Waals surface area contributed by atoms with Gasteiger partial charge in [-0.05, 0) is 60.7 Å². The van der Waals surface area contributed by atoms with Crippen LogP contribution in [-0.2, 0) is 9.84 Å². The number of carbonyl (C=O) groups excluding carboxylic acids is 1. The molecule has 0 unspecified atom stereocenters. The van der Waals surface area contributed by atoms with Gasteiger partial charge in [-0.2, -0.15) is 8.78 Å². The molecule has 0 bridgehead atoms. The molecule has 0 heterocycles. The Labute approximate surface area is 172 Å². The first-order valence-electron chi connectivity index (χ1n) is 8.65. The van der Waals surface area contributed by atoms with E-state index in [0.717, 1.165) is 12.1 Å². The van der Waals surface area contributed by atoms with E-state index >= 15 is 0 Å². The van der Waals surface area contributed by atoms with Crippen LogP contribution in [0.4, 0.5) is 14.5 Å². The summed E-state index contributed by atoms with van der Waals surface area (Å²) in [7, 11) is -3.16. The molecule has 0 radical (unpaired) electrons. The van der Waals surface area contributed by atoms with E-state index in [2.05, 4.69) is 5.32 Å². The summed E-state index contributed by atoms with van der Waals surface area (Å²) in [5, 5.41) is 2.64. The molecule has 0 atom stereocenters. The van der Waals surface area contributed by atoms with Crippen molar-refractivity contribution in [3.05, 3.63) is 78.4 Å². The van der Waals surface area contributed by atoms with Crippen LogP contribution in [0.2, 0.25) is 0 Å². The summed E-state index contributed by atoms with van der Waals surface area (Å²) in [6, 6.07) is 18.0. The molecule has 1 N–H and O–H groups in total. The van der Waals surface area contributed by atoms with Crippen LogP contribution >= 0.6 is 0 Å². The summed E-state index contributed by atoms with van der Waals surface area (Å²) >= 11 is 0. The number of methoxy groups -OCH3 is 1. The van der Waals surface area contributed by atoms with Gasteiger partial charge >= 0.3 is 5.76 Å². The molecule has 1 amide bonds. The number of benzene rings is 3. The van der Waals surface area contributed by atoms with Gasteiger partial charge in [0.1, 0.15) is 5.75 Å². The second-order valence-corrected chi connectivity index (χ2v) is 7.98. The molecule has 0 saturated carbocycles. The minimum Gasteiger partial charge on any atom is -0.493 e. The highest BCUT2D eigenvalue weighted by Gasteiger charge is 2.26. The third-order valence-corrected chi connectivity index (χ3v) is 5.49. The standard InChI is InChI=1S/C21H17F2NO5S/c1-28-18-4-2-3-5-19(18)29-16-10-8-15(9-11-16)24-20(25)14-6-12-17(13-7-14)30(26,27)21(22)23/h2-13,21H,1H3,(H,24,25). The number of alkyl halides is 2. The normalized spacial score (nSPS) is 11.2. The zero-order valence-corrected chi connectivity index (χ0v) is 16.5. The summed E-state index contributed by atoms with van der Waals surface area (Å²) in [5.41, 5.74) is 0.592. The molecule has 0 aliphatic heterocycles. The van der Waals surface area contributed by atoms with Crippen LogP contribution in [0.1, 0.15) is 10.4 Å². The zero-order valence-electron chi connectivity index (χ0n) is 15.7. The van der Waals surface area contributed by atoms with Crippen LogP contribution in [0.15, 0.2) is 77.7 Å². The maximum absolute atomic E-state index is 12.6.